The first-order valence-corrected chi connectivity index (χ1v) is 9.58. The number of hydrogen-bond acceptors (Lipinski definition) is 8. The van der Waals surface area contributed by atoms with Gasteiger partial charge in [-0.2, -0.15) is 0 Å². The topological polar surface area (TPSA) is 102 Å². The number of carbonyl (C=O) groups is 3. The van der Waals surface area contributed by atoms with Gasteiger partial charge >= 0.3 is 17.9 Å². The van der Waals surface area contributed by atoms with Crippen LogP contribution in [-0.2, 0) is 25.7 Å². The van der Waals surface area contributed by atoms with Crippen LogP contribution in [0, 0.1) is 0 Å². The summed E-state index contributed by atoms with van der Waals surface area (Å²) >= 11 is 0. The molecule has 8 heteroatoms. The highest BCUT2D eigenvalue weighted by molar-refractivity contribution is 5.74. The van der Waals surface area contributed by atoms with Crippen molar-refractivity contribution in [2.75, 3.05) is 6.54 Å². The largest absolute Gasteiger partial charge is 0.456 e. The zero-order chi connectivity index (χ0) is 20.9. The van der Waals surface area contributed by atoms with E-state index in [9.17, 15) is 19.5 Å². The van der Waals surface area contributed by atoms with Crippen molar-refractivity contribution in [3.05, 3.63) is 34.9 Å². The maximum absolute atomic E-state index is 11.6. The quantitative estimate of drug-likeness (QED) is 0.461. The molecule has 2 aliphatic heterocycles. The fourth-order valence-electron chi connectivity index (χ4n) is 4.71. The van der Waals surface area contributed by atoms with Gasteiger partial charge in [-0.25, -0.2) is 0 Å². The van der Waals surface area contributed by atoms with Crippen LogP contribution in [0.15, 0.2) is 23.8 Å². The first kappa shape index (κ1) is 19.6. The molecular formula is C21H23NO7. The van der Waals surface area contributed by atoms with Crippen molar-refractivity contribution in [3.63, 3.8) is 0 Å². The van der Waals surface area contributed by atoms with Crippen molar-refractivity contribution in [2.24, 2.45) is 0 Å². The third-order valence-corrected chi connectivity index (χ3v) is 5.63. The van der Waals surface area contributed by atoms with E-state index in [-0.39, 0.29) is 23.5 Å². The van der Waals surface area contributed by atoms with Gasteiger partial charge in [0.25, 0.3) is 0 Å². The standard InChI is InChI=1S/C21H23NO7/c1-10(23)27-16-7-14-9-22-5-4-13-6-18(29-12(3)25)21(26)19(20(13)22)15(14)8-17(16)28-11(2)24/h6-8,18-21,26H,4-5,9H2,1-3H3/t18-,19-,20+,21+/m0/s1. The van der Waals surface area contributed by atoms with Gasteiger partial charge in [0, 0.05) is 45.8 Å². The molecule has 4 rings (SSSR count). The van der Waals surface area contributed by atoms with Crippen LogP contribution in [-0.4, -0.2) is 52.7 Å². The smallest absolute Gasteiger partial charge is 0.308 e. The lowest BCUT2D eigenvalue weighted by Crippen LogP contribution is -2.50. The average Bonchev–Trinajstić information content (AvgIpc) is 3.00. The number of benzene rings is 1. The molecular weight excluding hydrogens is 378 g/mol. The van der Waals surface area contributed by atoms with E-state index in [4.69, 9.17) is 14.2 Å². The molecule has 1 aliphatic carbocycles. The van der Waals surface area contributed by atoms with Crippen molar-refractivity contribution in [2.45, 2.75) is 57.9 Å². The Morgan fingerprint density at radius 3 is 2.31 bits per heavy atom. The molecule has 0 amide bonds. The lowest BCUT2D eigenvalue weighted by molar-refractivity contribution is -0.150. The minimum atomic E-state index is -0.947. The lowest BCUT2D eigenvalue weighted by Gasteiger charge is -2.45. The monoisotopic (exact) mass is 401 g/mol. The van der Waals surface area contributed by atoms with Gasteiger partial charge in [0.15, 0.2) is 11.5 Å². The van der Waals surface area contributed by atoms with Gasteiger partial charge in [-0.15, -0.1) is 0 Å². The van der Waals surface area contributed by atoms with E-state index in [0.29, 0.717) is 6.54 Å². The first-order chi connectivity index (χ1) is 13.7. The van der Waals surface area contributed by atoms with Crippen LogP contribution in [0.2, 0.25) is 0 Å². The van der Waals surface area contributed by atoms with Crippen LogP contribution in [0.4, 0.5) is 0 Å². The zero-order valence-electron chi connectivity index (χ0n) is 16.5. The van der Waals surface area contributed by atoms with Gasteiger partial charge in [-0.05, 0) is 35.8 Å². The minimum Gasteiger partial charge on any atom is -0.456 e. The predicted octanol–water partition coefficient (Wildman–Crippen LogP) is 1.44. The summed E-state index contributed by atoms with van der Waals surface area (Å²) in [5.41, 5.74) is 2.81. The number of carbonyl (C=O) groups excluding carboxylic acids is 3. The number of nitrogens with zero attached hydrogens (tertiary/aromatic N) is 1. The molecule has 0 bridgehead atoms. The molecule has 29 heavy (non-hydrogen) atoms. The Morgan fingerprint density at radius 2 is 1.69 bits per heavy atom. The summed E-state index contributed by atoms with van der Waals surface area (Å²) in [6.07, 6.45) is 1.00. The molecule has 2 heterocycles. The third-order valence-electron chi connectivity index (χ3n) is 5.63. The summed E-state index contributed by atoms with van der Waals surface area (Å²) in [7, 11) is 0. The van der Waals surface area contributed by atoms with Crippen LogP contribution in [0.1, 0.15) is 44.2 Å². The van der Waals surface area contributed by atoms with E-state index in [1.807, 2.05) is 6.08 Å². The highest BCUT2D eigenvalue weighted by Crippen LogP contribution is 2.49. The number of aliphatic hydroxyl groups excluding tert-OH is 1. The van der Waals surface area contributed by atoms with Crippen LogP contribution in [0.25, 0.3) is 0 Å². The van der Waals surface area contributed by atoms with Gasteiger partial charge in [-0.1, -0.05) is 5.57 Å². The van der Waals surface area contributed by atoms with Gasteiger partial charge in [0.05, 0.1) is 0 Å². The summed E-state index contributed by atoms with van der Waals surface area (Å²) in [4.78, 5) is 36.8. The van der Waals surface area contributed by atoms with Gasteiger partial charge < -0.3 is 19.3 Å². The van der Waals surface area contributed by atoms with Crippen LogP contribution < -0.4 is 9.47 Å². The average molecular weight is 401 g/mol. The molecule has 154 valence electrons. The van der Waals surface area contributed by atoms with Crippen LogP contribution in [0.5, 0.6) is 11.5 Å². The summed E-state index contributed by atoms with van der Waals surface area (Å²) in [6, 6.07) is 3.34. The van der Waals surface area contributed by atoms with Gasteiger partial charge in [0.2, 0.25) is 0 Å². The van der Waals surface area contributed by atoms with Crippen molar-refractivity contribution >= 4 is 17.9 Å². The molecule has 0 unspecified atom stereocenters. The van der Waals surface area contributed by atoms with E-state index < -0.39 is 30.1 Å². The lowest BCUT2D eigenvalue weighted by atomic mass is 9.73. The molecule has 0 aromatic heterocycles. The second-order valence-corrected chi connectivity index (χ2v) is 7.68. The Kier molecular flexibility index (Phi) is 4.92. The number of fused-ring (bicyclic) bond motifs is 2. The van der Waals surface area contributed by atoms with Crippen LogP contribution >= 0.6 is 0 Å². The van der Waals surface area contributed by atoms with Gasteiger partial charge in [-0.3, -0.25) is 19.3 Å². The van der Waals surface area contributed by atoms with Crippen molar-refractivity contribution in [1.29, 1.82) is 0 Å². The van der Waals surface area contributed by atoms with E-state index in [0.717, 1.165) is 29.7 Å². The molecule has 4 atom stereocenters. The minimum absolute atomic E-state index is 0.00550. The highest BCUT2D eigenvalue weighted by Gasteiger charge is 2.49. The molecule has 3 aliphatic rings. The number of ether oxygens (including phenoxy) is 3. The number of rotatable bonds is 3. The molecule has 1 fully saturated rings. The molecule has 0 spiro atoms. The molecule has 1 N–H and O–H groups in total. The second kappa shape index (κ2) is 7.27. The first-order valence-electron chi connectivity index (χ1n) is 9.58. The fourth-order valence-corrected chi connectivity index (χ4v) is 4.71. The Labute approximate surface area is 168 Å². The molecule has 1 saturated heterocycles. The van der Waals surface area contributed by atoms with E-state index in [1.165, 1.54) is 20.8 Å². The molecule has 0 saturated carbocycles. The van der Waals surface area contributed by atoms with E-state index in [2.05, 4.69) is 4.90 Å². The Hall–Kier alpha value is -2.71. The summed E-state index contributed by atoms with van der Waals surface area (Å²) < 4.78 is 15.9. The molecule has 1 aromatic carbocycles. The second-order valence-electron chi connectivity index (χ2n) is 7.68. The predicted molar refractivity (Wildman–Crippen MR) is 100 cm³/mol. The zero-order valence-corrected chi connectivity index (χ0v) is 16.5. The maximum Gasteiger partial charge on any atom is 0.308 e. The Balaban J connectivity index is 1.81. The summed E-state index contributed by atoms with van der Waals surface area (Å²) in [5.74, 6) is -1.58. The maximum atomic E-state index is 11.6. The summed E-state index contributed by atoms with van der Waals surface area (Å²) in [6.45, 7) is 5.30. The SMILES string of the molecule is CC(=O)Oc1cc2c(cc1OC(C)=O)[C@@H]1[C@H](O)[C@@H](OC(C)=O)C=C3CCN(C2)[C@H]31. The normalized spacial score (nSPS) is 27.4. The van der Waals surface area contributed by atoms with E-state index in [1.54, 1.807) is 12.1 Å². The number of esters is 3. The number of aliphatic hydroxyl groups is 1. The molecule has 1 aromatic rings. The van der Waals surface area contributed by atoms with Crippen LogP contribution in [0.3, 0.4) is 0 Å². The molecule has 0 radical (unpaired) electrons. The Bertz CT molecular complexity index is 922. The highest BCUT2D eigenvalue weighted by atomic mass is 16.6. The Morgan fingerprint density at radius 1 is 1.03 bits per heavy atom. The van der Waals surface area contributed by atoms with Crippen molar-refractivity contribution in [1.82, 2.24) is 4.90 Å². The summed E-state index contributed by atoms with van der Waals surface area (Å²) in [5, 5.41) is 11.1. The van der Waals surface area contributed by atoms with E-state index >= 15 is 0 Å². The molecule has 8 nitrogen and oxygen atoms in total. The van der Waals surface area contributed by atoms with Gasteiger partial charge in [0.1, 0.15) is 12.2 Å². The van der Waals surface area contributed by atoms with Crippen molar-refractivity contribution < 1.29 is 33.7 Å². The fraction of sp³-hybridized carbons (Fsp3) is 0.476. The third kappa shape index (κ3) is 3.54. The van der Waals surface area contributed by atoms with Crippen molar-refractivity contribution in [3.8, 4) is 11.5 Å². The number of hydrogen-bond donors (Lipinski definition) is 1.